The molecule has 0 aliphatic heterocycles. The first-order chi connectivity index (χ1) is 7.40. The molecule has 1 aliphatic rings. The van der Waals surface area contributed by atoms with Gasteiger partial charge in [-0.1, -0.05) is 0 Å². The fraction of sp³-hybridized carbons (Fsp3) is 0.615. The summed E-state index contributed by atoms with van der Waals surface area (Å²) in [6.45, 7) is 1.18. The maximum Gasteiger partial charge on any atom is 0.0270 e. The Labute approximate surface area is 92.1 Å². The number of rotatable bonds is 3. The van der Waals surface area contributed by atoms with Gasteiger partial charge >= 0.3 is 0 Å². The van der Waals surface area contributed by atoms with Gasteiger partial charge in [0.15, 0.2) is 0 Å². The minimum absolute atomic E-state index is 0.779. The molecular formula is C13H20N2. The Morgan fingerprint density at radius 3 is 2.47 bits per heavy atom. The van der Waals surface area contributed by atoms with Gasteiger partial charge in [0, 0.05) is 12.4 Å². The van der Waals surface area contributed by atoms with Gasteiger partial charge in [-0.05, 0) is 68.8 Å². The van der Waals surface area contributed by atoms with Crippen molar-refractivity contribution in [1.82, 2.24) is 10.3 Å². The standard InChI is InChI=1S/C13H20N2/c1-14-10-11-2-4-12(5-3-11)13-6-8-15-9-7-13/h6-9,11-12,14H,2-5,10H2,1H3. The average molecular weight is 204 g/mol. The van der Waals surface area contributed by atoms with Crippen LogP contribution in [0.5, 0.6) is 0 Å². The molecule has 0 radical (unpaired) electrons. The zero-order chi connectivity index (χ0) is 10.5. The molecule has 0 spiro atoms. The topological polar surface area (TPSA) is 24.9 Å². The predicted octanol–water partition coefficient (Wildman–Crippen LogP) is 2.57. The van der Waals surface area contributed by atoms with Crippen LogP contribution in [-0.4, -0.2) is 18.6 Å². The van der Waals surface area contributed by atoms with E-state index in [1.54, 1.807) is 0 Å². The summed E-state index contributed by atoms with van der Waals surface area (Å²) in [5.41, 5.74) is 1.48. The van der Waals surface area contributed by atoms with Gasteiger partial charge < -0.3 is 5.32 Å². The molecule has 1 N–H and O–H groups in total. The molecule has 0 atom stereocenters. The molecule has 0 aromatic carbocycles. The number of nitrogens with zero attached hydrogens (tertiary/aromatic N) is 1. The summed E-state index contributed by atoms with van der Waals surface area (Å²) in [7, 11) is 2.05. The monoisotopic (exact) mass is 204 g/mol. The SMILES string of the molecule is CNCC1CCC(c2ccncc2)CC1. The van der Waals surface area contributed by atoms with Crippen LogP contribution in [0.25, 0.3) is 0 Å². The van der Waals surface area contributed by atoms with E-state index in [1.165, 1.54) is 37.8 Å². The lowest BCUT2D eigenvalue weighted by Gasteiger charge is -2.28. The first-order valence-electron chi connectivity index (χ1n) is 5.94. The predicted molar refractivity (Wildman–Crippen MR) is 62.9 cm³/mol. The highest BCUT2D eigenvalue weighted by Gasteiger charge is 2.21. The zero-order valence-corrected chi connectivity index (χ0v) is 9.45. The van der Waals surface area contributed by atoms with E-state index in [0.717, 1.165) is 11.8 Å². The number of nitrogens with one attached hydrogen (secondary N) is 1. The Morgan fingerprint density at radius 1 is 1.20 bits per heavy atom. The maximum absolute atomic E-state index is 4.07. The highest BCUT2D eigenvalue weighted by molar-refractivity contribution is 5.16. The van der Waals surface area contributed by atoms with E-state index in [1.807, 2.05) is 12.4 Å². The normalized spacial score (nSPS) is 26.5. The van der Waals surface area contributed by atoms with Crippen LogP contribution >= 0.6 is 0 Å². The molecule has 82 valence electrons. The molecule has 1 heterocycles. The zero-order valence-electron chi connectivity index (χ0n) is 9.45. The lowest BCUT2D eigenvalue weighted by Crippen LogP contribution is -2.23. The Balaban J connectivity index is 1.88. The van der Waals surface area contributed by atoms with Crippen LogP contribution in [0, 0.1) is 5.92 Å². The molecule has 1 aromatic heterocycles. The molecule has 1 aliphatic carbocycles. The molecule has 1 aromatic rings. The van der Waals surface area contributed by atoms with Gasteiger partial charge in [-0.15, -0.1) is 0 Å². The molecule has 0 unspecified atom stereocenters. The number of pyridine rings is 1. The summed E-state index contributed by atoms with van der Waals surface area (Å²) in [5, 5.41) is 3.28. The van der Waals surface area contributed by atoms with Crippen molar-refractivity contribution in [2.75, 3.05) is 13.6 Å². The van der Waals surface area contributed by atoms with Crippen LogP contribution in [-0.2, 0) is 0 Å². The third-order valence-electron chi connectivity index (χ3n) is 3.52. The van der Waals surface area contributed by atoms with Crippen LogP contribution in [0.2, 0.25) is 0 Å². The highest BCUT2D eigenvalue weighted by Crippen LogP contribution is 2.34. The van der Waals surface area contributed by atoms with Gasteiger partial charge in [-0.2, -0.15) is 0 Å². The van der Waals surface area contributed by atoms with Crippen molar-refractivity contribution in [3.8, 4) is 0 Å². The molecular weight excluding hydrogens is 184 g/mol. The highest BCUT2D eigenvalue weighted by atomic mass is 14.8. The van der Waals surface area contributed by atoms with E-state index >= 15 is 0 Å². The third kappa shape index (κ3) is 2.78. The third-order valence-corrected chi connectivity index (χ3v) is 3.52. The maximum atomic E-state index is 4.07. The van der Waals surface area contributed by atoms with Gasteiger partial charge in [0.05, 0.1) is 0 Å². The molecule has 0 bridgehead atoms. The van der Waals surface area contributed by atoms with Crippen molar-refractivity contribution < 1.29 is 0 Å². The lowest BCUT2D eigenvalue weighted by molar-refractivity contribution is 0.320. The Hall–Kier alpha value is -0.890. The van der Waals surface area contributed by atoms with Crippen molar-refractivity contribution in [1.29, 1.82) is 0 Å². The van der Waals surface area contributed by atoms with Gasteiger partial charge in [0.25, 0.3) is 0 Å². The van der Waals surface area contributed by atoms with Crippen molar-refractivity contribution in [2.24, 2.45) is 5.92 Å². The van der Waals surface area contributed by atoms with Crippen molar-refractivity contribution in [3.05, 3.63) is 30.1 Å². The lowest BCUT2D eigenvalue weighted by atomic mass is 9.79. The first-order valence-corrected chi connectivity index (χ1v) is 5.94. The van der Waals surface area contributed by atoms with Crippen LogP contribution < -0.4 is 5.32 Å². The molecule has 1 fully saturated rings. The van der Waals surface area contributed by atoms with Gasteiger partial charge in [0.2, 0.25) is 0 Å². The summed E-state index contributed by atoms with van der Waals surface area (Å²) < 4.78 is 0. The van der Waals surface area contributed by atoms with Gasteiger partial charge in [0.1, 0.15) is 0 Å². The fourth-order valence-electron chi connectivity index (χ4n) is 2.62. The van der Waals surface area contributed by atoms with Crippen LogP contribution in [0.3, 0.4) is 0 Å². The van der Waals surface area contributed by atoms with Gasteiger partial charge in [-0.3, -0.25) is 4.98 Å². The molecule has 0 saturated heterocycles. The van der Waals surface area contributed by atoms with E-state index in [2.05, 4.69) is 29.5 Å². The second-order valence-corrected chi connectivity index (χ2v) is 4.56. The Morgan fingerprint density at radius 2 is 1.87 bits per heavy atom. The van der Waals surface area contributed by atoms with Crippen molar-refractivity contribution >= 4 is 0 Å². The van der Waals surface area contributed by atoms with Crippen molar-refractivity contribution in [3.63, 3.8) is 0 Å². The summed E-state index contributed by atoms with van der Waals surface area (Å²) in [6, 6.07) is 4.34. The molecule has 2 rings (SSSR count). The summed E-state index contributed by atoms with van der Waals surface area (Å²) in [4.78, 5) is 4.07. The van der Waals surface area contributed by atoms with Crippen LogP contribution in [0.4, 0.5) is 0 Å². The minimum atomic E-state index is 0.779. The van der Waals surface area contributed by atoms with E-state index in [9.17, 15) is 0 Å². The number of hydrogen-bond donors (Lipinski definition) is 1. The first kappa shape index (κ1) is 10.6. The summed E-state index contributed by atoms with van der Waals surface area (Å²) in [5.74, 6) is 1.68. The Kier molecular flexibility index (Phi) is 3.73. The van der Waals surface area contributed by atoms with E-state index in [-0.39, 0.29) is 0 Å². The average Bonchev–Trinajstić information content (AvgIpc) is 2.32. The Bertz CT molecular complexity index is 276. The molecule has 1 saturated carbocycles. The molecule has 0 amide bonds. The number of hydrogen-bond acceptors (Lipinski definition) is 2. The van der Waals surface area contributed by atoms with E-state index in [0.29, 0.717) is 0 Å². The second-order valence-electron chi connectivity index (χ2n) is 4.56. The minimum Gasteiger partial charge on any atom is -0.319 e. The van der Waals surface area contributed by atoms with Gasteiger partial charge in [-0.25, -0.2) is 0 Å². The van der Waals surface area contributed by atoms with Crippen LogP contribution in [0.15, 0.2) is 24.5 Å². The smallest absolute Gasteiger partial charge is 0.0270 e. The van der Waals surface area contributed by atoms with Crippen molar-refractivity contribution in [2.45, 2.75) is 31.6 Å². The van der Waals surface area contributed by atoms with E-state index < -0.39 is 0 Å². The molecule has 2 nitrogen and oxygen atoms in total. The van der Waals surface area contributed by atoms with Crippen LogP contribution in [0.1, 0.15) is 37.2 Å². The fourth-order valence-corrected chi connectivity index (χ4v) is 2.62. The van der Waals surface area contributed by atoms with E-state index in [4.69, 9.17) is 0 Å². The number of aromatic nitrogens is 1. The largest absolute Gasteiger partial charge is 0.319 e. The summed E-state index contributed by atoms with van der Waals surface area (Å²) >= 11 is 0. The molecule has 2 heteroatoms. The second kappa shape index (κ2) is 5.26. The summed E-state index contributed by atoms with van der Waals surface area (Å²) in [6.07, 6.45) is 9.25. The molecule has 15 heavy (non-hydrogen) atoms. The quantitative estimate of drug-likeness (QED) is 0.818.